The van der Waals surface area contributed by atoms with Gasteiger partial charge in [0.05, 0.1) is 10.7 Å². The second-order valence-electron chi connectivity index (χ2n) is 5.08. The Balaban J connectivity index is 0.00000147. The molecule has 0 spiro atoms. The van der Waals surface area contributed by atoms with Crippen molar-refractivity contribution in [3.8, 4) is 0 Å². The Hall–Kier alpha value is -0.560. The van der Waals surface area contributed by atoms with Crippen LogP contribution in [-0.2, 0) is 0 Å². The van der Waals surface area contributed by atoms with E-state index in [0.29, 0.717) is 11.8 Å². The lowest BCUT2D eigenvalue weighted by Gasteiger charge is -2.32. The molecule has 2 aliphatic heterocycles. The Morgan fingerprint density at radius 3 is 2.75 bits per heavy atom. The fourth-order valence-electron chi connectivity index (χ4n) is 2.86. The first-order valence-corrected chi connectivity index (χ1v) is 7.52. The molecule has 112 valence electrons. The normalized spacial score (nSPS) is 23.6. The molecule has 0 aliphatic carbocycles. The van der Waals surface area contributed by atoms with Crippen molar-refractivity contribution in [2.75, 3.05) is 39.3 Å². The molecule has 2 aliphatic rings. The molecule has 20 heavy (non-hydrogen) atoms. The summed E-state index contributed by atoms with van der Waals surface area (Å²) in [7, 11) is 0. The summed E-state index contributed by atoms with van der Waals surface area (Å²) in [6.45, 7) is 5.89. The maximum Gasteiger partial charge on any atom is 0.290 e. The van der Waals surface area contributed by atoms with Gasteiger partial charge in [0.25, 0.3) is 5.91 Å². The summed E-state index contributed by atoms with van der Waals surface area (Å²) in [6.07, 6.45) is 2.60. The maximum absolute atomic E-state index is 12.3. The monoisotopic (exact) mass is 363 g/mol. The van der Waals surface area contributed by atoms with Crippen molar-refractivity contribution in [1.82, 2.24) is 15.1 Å². The molecule has 0 radical (unpaired) electrons. The van der Waals surface area contributed by atoms with Crippen LogP contribution in [0.5, 0.6) is 0 Å². The van der Waals surface area contributed by atoms with Gasteiger partial charge in [-0.2, -0.15) is 0 Å². The summed E-state index contributed by atoms with van der Waals surface area (Å²) in [6, 6.07) is 2.26. The Kier molecular flexibility index (Phi) is 5.49. The molecule has 3 heterocycles. The van der Waals surface area contributed by atoms with E-state index in [1.807, 2.05) is 4.90 Å². The summed E-state index contributed by atoms with van der Waals surface area (Å²) in [5, 5.41) is 3.36. The first kappa shape index (κ1) is 15.8. The molecule has 0 bridgehead atoms. The lowest BCUT2D eigenvalue weighted by Crippen LogP contribution is -2.49. The highest BCUT2D eigenvalue weighted by Crippen LogP contribution is 2.23. The molecule has 1 amide bonds. The van der Waals surface area contributed by atoms with Gasteiger partial charge in [-0.15, -0.1) is 12.4 Å². The third-order valence-electron chi connectivity index (χ3n) is 3.93. The minimum absolute atomic E-state index is 0. The highest BCUT2D eigenvalue weighted by Gasteiger charge is 2.32. The molecule has 7 heteroatoms. The van der Waals surface area contributed by atoms with Gasteiger partial charge in [-0.05, 0) is 28.4 Å². The van der Waals surface area contributed by atoms with Crippen molar-refractivity contribution >= 4 is 34.2 Å². The van der Waals surface area contributed by atoms with E-state index in [0.717, 1.165) is 50.2 Å². The smallest absolute Gasteiger partial charge is 0.290 e. The SMILES string of the molecule is Cl.O=C(c1occc1Br)N1CCC(N2CCNCC2)C1. The Labute approximate surface area is 133 Å². The number of likely N-dealkylation sites (tertiary alicyclic amines) is 1. The number of nitrogens with zero attached hydrogens (tertiary/aromatic N) is 2. The number of halogens is 2. The number of hydrogen-bond acceptors (Lipinski definition) is 4. The summed E-state index contributed by atoms with van der Waals surface area (Å²) >= 11 is 3.35. The van der Waals surface area contributed by atoms with Crippen LogP contribution in [-0.4, -0.2) is 61.0 Å². The molecule has 1 unspecified atom stereocenters. The van der Waals surface area contributed by atoms with E-state index in [1.165, 1.54) is 0 Å². The maximum atomic E-state index is 12.3. The van der Waals surface area contributed by atoms with Crippen LogP contribution < -0.4 is 5.32 Å². The van der Waals surface area contributed by atoms with E-state index in [-0.39, 0.29) is 18.3 Å². The third-order valence-corrected chi connectivity index (χ3v) is 4.55. The zero-order chi connectivity index (χ0) is 13.2. The van der Waals surface area contributed by atoms with Crippen LogP contribution in [0.15, 0.2) is 21.2 Å². The van der Waals surface area contributed by atoms with Crippen LogP contribution in [0, 0.1) is 0 Å². The average Bonchev–Trinajstić information content (AvgIpc) is 3.08. The van der Waals surface area contributed by atoms with Gasteiger partial charge in [-0.25, -0.2) is 0 Å². The first-order valence-electron chi connectivity index (χ1n) is 6.73. The number of carbonyl (C=O) groups is 1. The van der Waals surface area contributed by atoms with Crippen molar-refractivity contribution in [2.24, 2.45) is 0 Å². The molecule has 2 saturated heterocycles. The topological polar surface area (TPSA) is 48.7 Å². The number of hydrogen-bond donors (Lipinski definition) is 1. The number of nitrogens with one attached hydrogen (secondary N) is 1. The van der Waals surface area contributed by atoms with Crippen LogP contribution in [0.4, 0.5) is 0 Å². The van der Waals surface area contributed by atoms with E-state index in [4.69, 9.17) is 4.42 Å². The molecule has 0 aromatic carbocycles. The van der Waals surface area contributed by atoms with Gasteiger partial charge < -0.3 is 14.6 Å². The van der Waals surface area contributed by atoms with Gasteiger partial charge in [0.15, 0.2) is 0 Å². The minimum atomic E-state index is -0.00508. The largest absolute Gasteiger partial charge is 0.458 e. The van der Waals surface area contributed by atoms with Gasteiger partial charge in [0.2, 0.25) is 5.76 Å². The number of piperazine rings is 1. The van der Waals surface area contributed by atoms with E-state index >= 15 is 0 Å². The molecule has 2 fully saturated rings. The lowest BCUT2D eigenvalue weighted by atomic mass is 10.2. The van der Waals surface area contributed by atoms with Crippen molar-refractivity contribution in [3.63, 3.8) is 0 Å². The standard InChI is InChI=1S/C13H18BrN3O2.ClH/c14-11-2-8-19-12(11)13(18)17-5-1-10(9-17)16-6-3-15-4-7-16;/h2,8,10,15H,1,3-7,9H2;1H. The van der Waals surface area contributed by atoms with Gasteiger partial charge in [0, 0.05) is 45.3 Å². The van der Waals surface area contributed by atoms with Crippen molar-refractivity contribution < 1.29 is 9.21 Å². The van der Waals surface area contributed by atoms with Gasteiger partial charge >= 0.3 is 0 Å². The van der Waals surface area contributed by atoms with E-state index in [2.05, 4.69) is 26.1 Å². The summed E-state index contributed by atoms with van der Waals surface area (Å²) in [4.78, 5) is 16.7. The molecule has 1 aromatic rings. The van der Waals surface area contributed by atoms with Crippen LogP contribution in [0.1, 0.15) is 17.0 Å². The Morgan fingerprint density at radius 2 is 2.10 bits per heavy atom. The highest BCUT2D eigenvalue weighted by atomic mass is 79.9. The van der Waals surface area contributed by atoms with Crippen LogP contribution in [0.25, 0.3) is 0 Å². The molecule has 5 nitrogen and oxygen atoms in total. The third kappa shape index (κ3) is 3.19. The van der Waals surface area contributed by atoms with Crippen LogP contribution in [0.3, 0.4) is 0 Å². The van der Waals surface area contributed by atoms with Crippen molar-refractivity contribution in [1.29, 1.82) is 0 Å². The molecule has 1 atom stereocenters. The number of furan rings is 1. The fourth-order valence-corrected chi connectivity index (χ4v) is 3.23. The predicted octanol–water partition coefficient (Wildman–Crippen LogP) is 1.58. The lowest BCUT2D eigenvalue weighted by molar-refractivity contribution is 0.0741. The van der Waals surface area contributed by atoms with Gasteiger partial charge in [0.1, 0.15) is 0 Å². The predicted molar refractivity (Wildman–Crippen MR) is 82.4 cm³/mol. The molecule has 1 aromatic heterocycles. The Morgan fingerprint density at radius 1 is 1.35 bits per heavy atom. The summed E-state index contributed by atoms with van der Waals surface area (Å²) in [5.74, 6) is 0.412. The second-order valence-corrected chi connectivity index (χ2v) is 5.93. The van der Waals surface area contributed by atoms with Crippen LogP contribution >= 0.6 is 28.3 Å². The van der Waals surface area contributed by atoms with Crippen molar-refractivity contribution in [2.45, 2.75) is 12.5 Å². The molecule has 3 rings (SSSR count). The molecular formula is C13H19BrClN3O2. The zero-order valence-electron chi connectivity index (χ0n) is 11.2. The molecular weight excluding hydrogens is 346 g/mol. The number of carbonyl (C=O) groups excluding carboxylic acids is 1. The Bertz CT molecular complexity index is 462. The fraction of sp³-hybridized carbons (Fsp3) is 0.615. The second kappa shape index (κ2) is 6.93. The van der Waals surface area contributed by atoms with E-state index in [9.17, 15) is 4.79 Å². The van der Waals surface area contributed by atoms with E-state index < -0.39 is 0 Å². The van der Waals surface area contributed by atoms with E-state index in [1.54, 1.807) is 12.3 Å². The summed E-state index contributed by atoms with van der Waals surface area (Å²) < 4.78 is 6.00. The van der Waals surface area contributed by atoms with Crippen LogP contribution in [0.2, 0.25) is 0 Å². The number of rotatable bonds is 2. The van der Waals surface area contributed by atoms with Gasteiger partial charge in [-0.1, -0.05) is 0 Å². The van der Waals surface area contributed by atoms with Gasteiger partial charge in [-0.3, -0.25) is 9.69 Å². The quantitative estimate of drug-likeness (QED) is 0.866. The molecule has 0 saturated carbocycles. The zero-order valence-corrected chi connectivity index (χ0v) is 13.6. The minimum Gasteiger partial charge on any atom is -0.458 e. The number of amides is 1. The summed E-state index contributed by atoms with van der Waals surface area (Å²) in [5.41, 5.74) is 0. The molecule has 1 N–H and O–H groups in total. The van der Waals surface area contributed by atoms with Crippen molar-refractivity contribution in [3.05, 3.63) is 22.6 Å². The average molecular weight is 365 g/mol. The first-order chi connectivity index (χ1) is 9.25. The highest BCUT2D eigenvalue weighted by molar-refractivity contribution is 9.10.